The summed E-state index contributed by atoms with van der Waals surface area (Å²) in [5, 5.41) is 0. The molecule has 0 spiro atoms. The van der Waals surface area contributed by atoms with Gasteiger partial charge in [0.05, 0.1) is 6.54 Å². The van der Waals surface area contributed by atoms with Gasteiger partial charge in [0, 0.05) is 14.2 Å². The molecule has 76 valence electrons. The van der Waals surface area contributed by atoms with Crippen LogP contribution < -0.4 is 0 Å². The van der Waals surface area contributed by atoms with Crippen molar-refractivity contribution < 1.29 is 13.6 Å². The fourth-order valence-electron chi connectivity index (χ4n) is 1.23. The molecule has 0 rings (SSSR count). The third-order valence-corrected chi connectivity index (χ3v) is 5.86. The van der Waals surface area contributed by atoms with Crippen molar-refractivity contribution in [3.8, 4) is 0 Å². The fraction of sp³-hybridized carbons (Fsp3) is 0.875. The first-order chi connectivity index (χ1) is 6.24. The summed E-state index contributed by atoms with van der Waals surface area (Å²) >= 11 is 0. The Morgan fingerprint density at radius 2 is 2.00 bits per heavy atom. The van der Waals surface area contributed by atoms with Gasteiger partial charge in [-0.1, -0.05) is 6.92 Å². The molecule has 0 amide bonds. The van der Waals surface area contributed by atoms with Crippen LogP contribution in [0.1, 0.15) is 13.3 Å². The molecule has 0 saturated heterocycles. The Bertz CT molecular complexity index is 168. The second-order valence-electron chi connectivity index (χ2n) is 2.75. The Labute approximate surface area is 80.2 Å². The van der Waals surface area contributed by atoms with Gasteiger partial charge < -0.3 is 8.85 Å². The second kappa shape index (κ2) is 6.97. The Balaban J connectivity index is 3.87. The number of carbonyl (C=O) groups excluding carboxylic acids is 1. The third-order valence-electron chi connectivity index (χ3n) is 2.17. The standard InChI is InChI=1S/C8H17NO3Si/c1-4-13(11-2,12-3)7-5-6-9-8-10/h4-7H2,1-3H3. The zero-order chi connectivity index (χ0) is 10.2. The molecule has 0 fully saturated rings. The average molecular weight is 203 g/mol. The molecular weight excluding hydrogens is 186 g/mol. The van der Waals surface area contributed by atoms with Gasteiger partial charge in [-0.05, 0) is 18.5 Å². The fourth-order valence-corrected chi connectivity index (χ4v) is 3.43. The van der Waals surface area contributed by atoms with Gasteiger partial charge in [0.2, 0.25) is 6.08 Å². The first-order valence-electron chi connectivity index (χ1n) is 4.38. The number of hydrogen-bond donors (Lipinski definition) is 0. The van der Waals surface area contributed by atoms with E-state index < -0.39 is 8.56 Å². The van der Waals surface area contributed by atoms with Crippen LogP contribution in [0.5, 0.6) is 0 Å². The second-order valence-corrected chi connectivity index (χ2v) is 6.59. The van der Waals surface area contributed by atoms with Crippen molar-refractivity contribution in [3.05, 3.63) is 0 Å². The number of isocyanates is 1. The Morgan fingerprint density at radius 3 is 2.38 bits per heavy atom. The normalized spacial score (nSPS) is 11.0. The highest BCUT2D eigenvalue weighted by Gasteiger charge is 2.32. The zero-order valence-corrected chi connectivity index (χ0v) is 9.50. The summed E-state index contributed by atoms with van der Waals surface area (Å²) in [6.45, 7) is 2.58. The molecule has 0 aliphatic heterocycles. The number of aliphatic imine (C=N–C) groups is 1. The van der Waals surface area contributed by atoms with Crippen LogP contribution in [0.3, 0.4) is 0 Å². The maximum absolute atomic E-state index is 9.80. The van der Waals surface area contributed by atoms with Crippen LogP contribution in [-0.2, 0) is 13.6 Å². The van der Waals surface area contributed by atoms with Gasteiger partial charge in [0.15, 0.2) is 0 Å². The number of rotatable bonds is 7. The molecule has 0 N–H and O–H groups in total. The van der Waals surface area contributed by atoms with Crippen molar-refractivity contribution >= 4 is 14.6 Å². The van der Waals surface area contributed by atoms with E-state index >= 15 is 0 Å². The van der Waals surface area contributed by atoms with Crippen molar-refractivity contribution in [1.82, 2.24) is 0 Å². The lowest BCUT2D eigenvalue weighted by molar-refractivity contribution is 0.242. The minimum Gasteiger partial charge on any atom is -0.398 e. The highest BCUT2D eigenvalue weighted by Crippen LogP contribution is 2.18. The van der Waals surface area contributed by atoms with Gasteiger partial charge in [-0.25, -0.2) is 9.79 Å². The zero-order valence-electron chi connectivity index (χ0n) is 8.50. The average Bonchev–Trinajstić information content (AvgIpc) is 2.20. The molecular formula is C8H17NO3Si. The summed E-state index contributed by atoms with van der Waals surface area (Å²) in [7, 11) is 1.41. The van der Waals surface area contributed by atoms with Crippen molar-refractivity contribution in [2.75, 3.05) is 20.8 Å². The van der Waals surface area contributed by atoms with Crippen molar-refractivity contribution in [2.24, 2.45) is 4.99 Å². The third kappa shape index (κ3) is 4.33. The van der Waals surface area contributed by atoms with E-state index in [9.17, 15) is 4.79 Å². The van der Waals surface area contributed by atoms with Crippen molar-refractivity contribution in [3.63, 3.8) is 0 Å². The molecule has 0 unspecified atom stereocenters. The molecule has 0 atom stereocenters. The van der Waals surface area contributed by atoms with Gasteiger partial charge in [-0.2, -0.15) is 0 Å². The van der Waals surface area contributed by atoms with Crippen molar-refractivity contribution in [2.45, 2.75) is 25.4 Å². The summed E-state index contributed by atoms with van der Waals surface area (Å²) in [6, 6.07) is 1.80. The van der Waals surface area contributed by atoms with Gasteiger partial charge in [0.25, 0.3) is 0 Å². The molecule has 4 nitrogen and oxygen atoms in total. The minimum atomic E-state index is -1.96. The lowest BCUT2D eigenvalue weighted by atomic mass is 10.5. The Kier molecular flexibility index (Phi) is 6.71. The van der Waals surface area contributed by atoms with Crippen LogP contribution in [0.15, 0.2) is 4.99 Å². The van der Waals surface area contributed by atoms with E-state index in [0.717, 1.165) is 18.5 Å². The van der Waals surface area contributed by atoms with Crippen LogP contribution in [0.2, 0.25) is 12.1 Å². The monoisotopic (exact) mass is 203 g/mol. The van der Waals surface area contributed by atoms with E-state index in [4.69, 9.17) is 8.85 Å². The van der Waals surface area contributed by atoms with E-state index in [-0.39, 0.29) is 0 Å². The van der Waals surface area contributed by atoms with E-state index in [1.165, 1.54) is 6.08 Å². The lowest BCUT2D eigenvalue weighted by Gasteiger charge is -2.25. The van der Waals surface area contributed by atoms with Gasteiger partial charge >= 0.3 is 8.56 Å². The van der Waals surface area contributed by atoms with Crippen LogP contribution in [0.25, 0.3) is 0 Å². The van der Waals surface area contributed by atoms with Crippen LogP contribution in [0.4, 0.5) is 0 Å². The summed E-state index contributed by atoms with van der Waals surface area (Å²) in [5.41, 5.74) is 0. The Hall–Kier alpha value is -0.483. The number of hydrogen-bond acceptors (Lipinski definition) is 4. The van der Waals surface area contributed by atoms with Gasteiger partial charge in [-0.3, -0.25) is 0 Å². The van der Waals surface area contributed by atoms with Gasteiger partial charge in [-0.15, -0.1) is 0 Å². The molecule has 0 aliphatic rings. The predicted molar refractivity (Wildman–Crippen MR) is 52.7 cm³/mol. The lowest BCUT2D eigenvalue weighted by Crippen LogP contribution is -2.39. The molecule has 5 heteroatoms. The summed E-state index contributed by atoms with van der Waals surface area (Å²) in [6.07, 6.45) is 2.35. The highest BCUT2D eigenvalue weighted by molar-refractivity contribution is 6.67. The molecule has 0 aromatic rings. The largest absolute Gasteiger partial charge is 0.398 e. The molecule has 0 heterocycles. The highest BCUT2D eigenvalue weighted by atomic mass is 28.4. The SMILES string of the molecule is CC[Si](CCCN=C=O)(OC)OC. The molecule has 0 saturated carbocycles. The topological polar surface area (TPSA) is 47.9 Å². The smallest absolute Gasteiger partial charge is 0.337 e. The van der Waals surface area contributed by atoms with Crippen LogP contribution in [0, 0.1) is 0 Å². The summed E-state index contributed by atoms with van der Waals surface area (Å²) in [4.78, 5) is 13.3. The first kappa shape index (κ1) is 12.5. The molecule has 13 heavy (non-hydrogen) atoms. The van der Waals surface area contributed by atoms with Crippen LogP contribution in [-0.4, -0.2) is 35.4 Å². The maximum atomic E-state index is 9.80. The molecule has 0 radical (unpaired) electrons. The van der Waals surface area contributed by atoms with E-state index in [1.54, 1.807) is 14.2 Å². The van der Waals surface area contributed by atoms with E-state index in [2.05, 4.69) is 11.9 Å². The van der Waals surface area contributed by atoms with E-state index in [1.807, 2.05) is 0 Å². The maximum Gasteiger partial charge on any atom is 0.337 e. The van der Waals surface area contributed by atoms with Crippen LogP contribution >= 0.6 is 0 Å². The quantitative estimate of drug-likeness (QED) is 0.272. The molecule has 0 aromatic heterocycles. The molecule has 0 bridgehead atoms. The predicted octanol–water partition coefficient (Wildman–Crippen LogP) is 1.47. The number of nitrogens with zero attached hydrogens (tertiary/aromatic N) is 1. The molecule has 0 aliphatic carbocycles. The summed E-state index contributed by atoms with van der Waals surface area (Å²) < 4.78 is 10.8. The van der Waals surface area contributed by atoms with E-state index in [0.29, 0.717) is 6.54 Å². The molecule has 0 aromatic carbocycles. The minimum absolute atomic E-state index is 0.519. The Morgan fingerprint density at radius 1 is 1.38 bits per heavy atom. The van der Waals surface area contributed by atoms with Gasteiger partial charge in [0.1, 0.15) is 0 Å². The van der Waals surface area contributed by atoms with Crippen molar-refractivity contribution in [1.29, 1.82) is 0 Å². The summed E-state index contributed by atoms with van der Waals surface area (Å²) in [5.74, 6) is 0. The first-order valence-corrected chi connectivity index (χ1v) is 6.61.